The Morgan fingerprint density at radius 1 is 1.22 bits per heavy atom. The minimum atomic E-state index is -0.524. The van der Waals surface area contributed by atoms with Crippen molar-refractivity contribution in [2.75, 3.05) is 26.7 Å². The summed E-state index contributed by atoms with van der Waals surface area (Å²) in [5, 5.41) is 6.37. The molecule has 0 aromatic rings. The van der Waals surface area contributed by atoms with Gasteiger partial charge in [-0.2, -0.15) is 0 Å². The summed E-state index contributed by atoms with van der Waals surface area (Å²) in [4.78, 5) is 32.7. The number of likely N-dealkylation sites (N-methyl/N-ethyl adjacent to an activating group) is 1. The summed E-state index contributed by atoms with van der Waals surface area (Å²) in [6.45, 7) is 7.70. The third-order valence-corrected chi connectivity index (χ3v) is 4.19. The summed E-state index contributed by atoms with van der Waals surface area (Å²) in [5.74, 6) is 0.993. The second-order valence-corrected chi connectivity index (χ2v) is 6.09. The van der Waals surface area contributed by atoms with E-state index < -0.39 is 6.04 Å². The lowest BCUT2D eigenvalue weighted by Crippen LogP contribution is -2.63. The van der Waals surface area contributed by atoms with Gasteiger partial charge in [-0.1, -0.05) is 18.8 Å². The van der Waals surface area contributed by atoms with Gasteiger partial charge in [-0.25, -0.2) is 9.37 Å². The number of hydrazone groups is 1. The largest absolute Gasteiger partial charge is 0.416 e. The Labute approximate surface area is 135 Å². The van der Waals surface area contributed by atoms with Crippen molar-refractivity contribution in [2.45, 2.75) is 39.7 Å². The van der Waals surface area contributed by atoms with E-state index in [1.54, 1.807) is 7.05 Å². The monoisotopic (exact) mass is 319 g/mol. The fourth-order valence-electron chi connectivity index (χ4n) is 3.19. The zero-order valence-corrected chi connectivity index (χ0v) is 14.1. The number of guanidine groups is 1. The molecule has 0 spiro atoms. The van der Waals surface area contributed by atoms with E-state index in [1.807, 2.05) is 23.4 Å². The molecule has 1 unspecified atom stereocenters. The Bertz CT molecular complexity index is 650. The molecule has 8 heteroatoms. The zero-order chi connectivity index (χ0) is 16.7. The Morgan fingerprint density at radius 2 is 1.91 bits per heavy atom. The minimum Gasteiger partial charge on any atom is -0.270 e. The molecule has 0 aromatic heterocycles. The number of hydrogen-bond acceptors (Lipinski definition) is 5. The van der Waals surface area contributed by atoms with E-state index in [2.05, 4.69) is 17.0 Å². The molecule has 0 saturated carbocycles. The number of hydrogen-bond donors (Lipinski definition) is 0. The zero-order valence-electron chi connectivity index (χ0n) is 14.1. The smallest absolute Gasteiger partial charge is 0.270 e. The summed E-state index contributed by atoms with van der Waals surface area (Å²) in [6, 6.07) is -0.823. The molecule has 0 aliphatic carbocycles. The highest BCUT2D eigenvalue weighted by Crippen LogP contribution is 2.23. The Morgan fingerprint density at radius 3 is 2.57 bits per heavy atom. The molecule has 0 radical (unpaired) electrons. The van der Waals surface area contributed by atoms with Gasteiger partial charge >= 0.3 is 12.0 Å². The van der Waals surface area contributed by atoms with Gasteiger partial charge in [-0.05, 0) is 19.8 Å². The average Bonchev–Trinajstić information content (AvgIpc) is 2.89. The molecular weight excluding hydrogens is 296 g/mol. The van der Waals surface area contributed by atoms with E-state index >= 15 is 0 Å². The lowest BCUT2D eigenvalue weighted by molar-refractivity contribution is -0.527. The first-order valence-electron chi connectivity index (χ1n) is 8.12. The number of aliphatic imine (C=N–C) groups is 1. The quantitative estimate of drug-likeness (QED) is 0.710. The van der Waals surface area contributed by atoms with Crippen LogP contribution < -0.4 is 0 Å². The lowest BCUT2D eigenvalue weighted by Gasteiger charge is -2.34. The van der Waals surface area contributed by atoms with Crippen LogP contribution in [-0.2, 0) is 4.79 Å². The maximum absolute atomic E-state index is 12.9. The van der Waals surface area contributed by atoms with Crippen LogP contribution in [0.1, 0.15) is 33.6 Å². The van der Waals surface area contributed by atoms with E-state index in [1.165, 1.54) is 9.80 Å². The van der Waals surface area contributed by atoms with Crippen molar-refractivity contribution in [3.8, 4) is 0 Å². The summed E-state index contributed by atoms with van der Waals surface area (Å²) < 4.78 is 1.96. The minimum absolute atomic E-state index is 0.185. The third kappa shape index (κ3) is 2.32. The van der Waals surface area contributed by atoms with Gasteiger partial charge in [0.2, 0.25) is 11.9 Å². The van der Waals surface area contributed by atoms with Gasteiger partial charge in [0, 0.05) is 13.6 Å². The topological polar surface area (TPSA) is 71.6 Å². The Hall–Kier alpha value is -2.25. The predicted molar refractivity (Wildman–Crippen MR) is 86.6 cm³/mol. The van der Waals surface area contributed by atoms with E-state index in [9.17, 15) is 9.59 Å². The van der Waals surface area contributed by atoms with Crippen LogP contribution in [-0.4, -0.2) is 81.6 Å². The van der Waals surface area contributed by atoms with E-state index in [0.717, 1.165) is 25.1 Å². The SMILES string of the molecule is CCCN1N=C(C)C[N+]2=C1N=C1C2C(=O)N(CCC)C(=O)N1C. The molecule has 3 rings (SSSR count). The summed E-state index contributed by atoms with van der Waals surface area (Å²) in [5.41, 5.74) is 0.938. The van der Waals surface area contributed by atoms with Crippen molar-refractivity contribution in [1.29, 1.82) is 0 Å². The maximum Gasteiger partial charge on any atom is 0.416 e. The first-order chi connectivity index (χ1) is 11.0. The van der Waals surface area contributed by atoms with Crippen molar-refractivity contribution in [3.63, 3.8) is 0 Å². The van der Waals surface area contributed by atoms with Crippen molar-refractivity contribution in [2.24, 2.45) is 10.1 Å². The van der Waals surface area contributed by atoms with Crippen LogP contribution in [0.25, 0.3) is 0 Å². The number of amidine groups is 1. The molecule has 0 N–H and O–H groups in total. The summed E-state index contributed by atoms with van der Waals surface area (Å²) in [6.07, 6.45) is 1.66. The number of carbonyl (C=O) groups is 2. The number of rotatable bonds is 4. The van der Waals surface area contributed by atoms with Crippen LogP contribution in [0.3, 0.4) is 0 Å². The molecule has 0 aromatic carbocycles. The van der Waals surface area contributed by atoms with Crippen LogP contribution in [0.15, 0.2) is 10.1 Å². The van der Waals surface area contributed by atoms with Crippen molar-refractivity contribution < 1.29 is 14.2 Å². The first-order valence-corrected chi connectivity index (χ1v) is 8.12. The predicted octanol–water partition coefficient (Wildman–Crippen LogP) is 0.541. The lowest BCUT2D eigenvalue weighted by atomic mass is 10.1. The van der Waals surface area contributed by atoms with Gasteiger partial charge < -0.3 is 0 Å². The van der Waals surface area contributed by atoms with Gasteiger partial charge in [0.15, 0.2) is 0 Å². The molecule has 0 bridgehead atoms. The molecule has 23 heavy (non-hydrogen) atoms. The fourth-order valence-corrected chi connectivity index (χ4v) is 3.19. The van der Waals surface area contributed by atoms with E-state index in [-0.39, 0.29) is 11.9 Å². The molecule has 3 aliphatic heterocycles. The molecular formula is C15H23N6O2+. The molecule has 3 amide bonds. The van der Waals surface area contributed by atoms with Crippen LogP contribution in [0.2, 0.25) is 0 Å². The average molecular weight is 319 g/mol. The second-order valence-electron chi connectivity index (χ2n) is 6.09. The maximum atomic E-state index is 12.9. The molecule has 3 aliphatic rings. The van der Waals surface area contributed by atoms with E-state index in [0.29, 0.717) is 24.9 Å². The van der Waals surface area contributed by atoms with Crippen molar-refractivity contribution in [1.82, 2.24) is 14.8 Å². The highest BCUT2D eigenvalue weighted by Gasteiger charge is 2.54. The van der Waals surface area contributed by atoms with Gasteiger partial charge in [-0.3, -0.25) is 14.6 Å². The number of nitrogens with zero attached hydrogens (tertiary/aromatic N) is 6. The molecule has 1 saturated heterocycles. The van der Waals surface area contributed by atoms with Gasteiger partial charge in [0.05, 0.1) is 12.3 Å². The number of imide groups is 1. The summed E-state index contributed by atoms with van der Waals surface area (Å²) in [7, 11) is 1.68. The first kappa shape index (κ1) is 15.6. The third-order valence-electron chi connectivity index (χ3n) is 4.19. The molecule has 124 valence electrons. The fraction of sp³-hybridized carbons (Fsp3) is 0.667. The van der Waals surface area contributed by atoms with Crippen molar-refractivity contribution >= 4 is 29.4 Å². The van der Waals surface area contributed by atoms with Gasteiger partial charge in [0.1, 0.15) is 6.54 Å². The van der Waals surface area contributed by atoms with Crippen LogP contribution in [0.4, 0.5) is 4.79 Å². The molecule has 1 atom stereocenters. The number of amides is 3. The number of urea groups is 1. The Kier molecular flexibility index (Phi) is 3.91. The van der Waals surface area contributed by atoms with Gasteiger partial charge in [0.25, 0.3) is 5.91 Å². The highest BCUT2D eigenvalue weighted by atomic mass is 16.2. The van der Waals surface area contributed by atoms with Crippen LogP contribution >= 0.6 is 0 Å². The summed E-state index contributed by atoms with van der Waals surface area (Å²) >= 11 is 0. The van der Waals surface area contributed by atoms with Crippen LogP contribution in [0.5, 0.6) is 0 Å². The normalized spacial score (nSPS) is 24.0. The highest BCUT2D eigenvalue weighted by molar-refractivity contribution is 6.23. The van der Waals surface area contributed by atoms with Crippen molar-refractivity contribution in [3.05, 3.63) is 0 Å². The standard InChI is InChI=1S/C15H23N6O2/c1-5-7-19-13(22)11-12(18(4)15(19)23)16-14-20(11)9-10(3)17-21(14)8-6-2/h11H,5-9H2,1-4H3/q+1. The number of fused-ring (bicyclic) bond motifs is 2. The number of carbonyl (C=O) groups excluding carboxylic acids is 2. The molecule has 1 fully saturated rings. The Balaban J connectivity index is 2.01. The van der Waals surface area contributed by atoms with E-state index in [4.69, 9.17) is 0 Å². The molecule has 8 nitrogen and oxygen atoms in total. The molecule has 3 heterocycles. The van der Waals surface area contributed by atoms with Crippen LogP contribution in [0, 0.1) is 0 Å². The second kappa shape index (κ2) is 5.75. The van der Waals surface area contributed by atoms with Gasteiger partial charge in [-0.15, -0.1) is 10.1 Å².